The molecule has 2 bridgehead atoms. The predicted molar refractivity (Wildman–Crippen MR) is 125 cm³/mol. The summed E-state index contributed by atoms with van der Waals surface area (Å²) >= 11 is 0. The summed E-state index contributed by atoms with van der Waals surface area (Å²) in [5.41, 5.74) is 1.56. The Morgan fingerprint density at radius 3 is 2.75 bits per heavy atom. The van der Waals surface area contributed by atoms with Crippen molar-refractivity contribution in [3.05, 3.63) is 35.9 Å². The summed E-state index contributed by atoms with van der Waals surface area (Å²) in [4.78, 5) is 31.3. The maximum Gasteiger partial charge on any atom is 0.245 e. The van der Waals surface area contributed by atoms with Crippen molar-refractivity contribution in [1.29, 1.82) is 0 Å². The molecule has 2 amide bonds. The van der Waals surface area contributed by atoms with E-state index in [9.17, 15) is 9.59 Å². The highest BCUT2D eigenvalue weighted by atomic mass is 16.2. The fourth-order valence-electron chi connectivity index (χ4n) is 7.39. The van der Waals surface area contributed by atoms with Crippen molar-refractivity contribution in [2.45, 2.75) is 63.6 Å². The van der Waals surface area contributed by atoms with Crippen LogP contribution in [0.2, 0.25) is 0 Å². The molecule has 3 saturated heterocycles. The molecule has 1 aromatic rings. The first-order valence-electron chi connectivity index (χ1n) is 12.6. The lowest BCUT2D eigenvalue weighted by molar-refractivity contribution is -0.146. The summed E-state index contributed by atoms with van der Waals surface area (Å²) in [6.07, 6.45) is 6.47. The van der Waals surface area contributed by atoms with E-state index in [1.165, 1.54) is 24.8 Å². The minimum atomic E-state index is -0.345. The van der Waals surface area contributed by atoms with Crippen LogP contribution in [0.5, 0.6) is 0 Å². The molecule has 6 atom stereocenters. The van der Waals surface area contributed by atoms with E-state index >= 15 is 0 Å². The Morgan fingerprint density at radius 2 is 2.00 bits per heavy atom. The normalized spacial score (nSPS) is 34.8. The minimum absolute atomic E-state index is 0.0220. The van der Waals surface area contributed by atoms with E-state index in [2.05, 4.69) is 50.8 Å². The van der Waals surface area contributed by atoms with Gasteiger partial charge in [-0.2, -0.15) is 0 Å². The average Bonchev–Trinajstić information content (AvgIpc) is 3.35. The molecule has 32 heavy (non-hydrogen) atoms. The molecule has 2 N–H and O–H groups in total. The number of amides is 2. The summed E-state index contributed by atoms with van der Waals surface area (Å²) < 4.78 is 0. The first-order valence-corrected chi connectivity index (χ1v) is 12.6. The molecule has 1 saturated carbocycles. The summed E-state index contributed by atoms with van der Waals surface area (Å²) in [5.74, 6) is 0.971. The van der Waals surface area contributed by atoms with Crippen molar-refractivity contribution in [2.24, 2.45) is 17.3 Å². The zero-order chi connectivity index (χ0) is 22.3. The second kappa shape index (κ2) is 8.79. The second-order valence-electron chi connectivity index (χ2n) is 10.5. The zero-order valence-electron chi connectivity index (χ0n) is 19.6. The van der Waals surface area contributed by atoms with Gasteiger partial charge in [0, 0.05) is 38.1 Å². The van der Waals surface area contributed by atoms with Gasteiger partial charge in [-0.25, -0.2) is 0 Å². The minimum Gasteiger partial charge on any atom is -0.343 e. The number of nitrogens with zero attached hydrogens (tertiary/aromatic N) is 2. The van der Waals surface area contributed by atoms with E-state index in [-0.39, 0.29) is 35.2 Å². The van der Waals surface area contributed by atoms with Crippen molar-refractivity contribution in [3.8, 4) is 0 Å². The number of nitrogens with one attached hydrogen (secondary N) is 2. The molecular weight excluding hydrogens is 400 g/mol. The molecule has 2 unspecified atom stereocenters. The van der Waals surface area contributed by atoms with Crippen molar-refractivity contribution < 1.29 is 9.59 Å². The zero-order valence-corrected chi connectivity index (χ0v) is 19.6. The number of carbonyl (C=O) groups excluding carboxylic acids is 2. The van der Waals surface area contributed by atoms with Crippen molar-refractivity contribution in [1.82, 2.24) is 20.4 Å². The number of piperidine rings is 1. The molecule has 1 spiro atoms. The number of benzene rings is 1. The fraction of sp³-hybridized carbons (Fsp3) is 0.692. The molecule has 0 aromatic heterocycles. The molecule has 4 fully saturated rings. The number of carbonyl (C=O) groups is 2. The summed E-state index contributed by atoms with van der Waals surface area (Å²) in [6.45, 7) is 6.04. The molecular formula is C26H38N4O2. The highest BCUT2D eigenvalue weighted by Crippen LogP contribution is 2.59. The third kappa shape index (κ3) is 3.56. The van der Waals surface area contributed by atoms with Crippen molar-refractivity contribution >= 4 is 11.8 Å². The quantitative estimate of drug-likeness (QED) is 0.684. The van der Waals surface area contributed by atoms with Gasteiger partial charge in [0.1, 0.15) is 6.04 Å². The molecule has 5 rings (SSSR count). The van der Waals surface area contributed by atoms with Gasteiger partial charge in [-0.15, -0.1) is 0 Å². The predicted octanol–water partition coefficient (Wildman–Crippen LogP) is 2.04. The first kappa shape index (κ1) is 21.9. The van der Waals surface area contributed by atoms with Gasteiger partial charge >= 0.3 is 0 Å². The number of fused-ring (bicyclic) bond motifs is 3. The van der Waals surface area contributed by atoms with Crippen LogP contribution in [-0.4, -0.2) is 73.0 Å². The number of rotatable bonds is 7. The molecule has 1 aliphatic carbocycles. The van der Waals surface area contributed by atoms with Gasteiger partial charge in [-0.05, 0) is 49.6 Å². The lowest BCUT2D eigenvalue weighted by Crippen LogP contribution is -2.64. The van der Waals surface area contributed by atoms with Crippen molar-refractivity contribution in [3.63, 3.8) is 0 Å². The molecule has 4 aliphatic rings. The molecule has 3 heterocycles. The Bertz CT molecular complexity index is 841. The van der Waals surface area contributed by atoms with E-state index in [0.29, 0.717) is 12.0 Å². The van der Waals surface area contributed by atoms with Crippen LogP contribution >= 0.6 is 0 Å². The molecule has 6 heteroatoms. The lowest BCUT2D eigenvalue weighted by Gasteiger charge is -2.51. The number of hydrogen-bond donors (Lipinski definition) is 2. The number of likely N-dealkylation sites (N-methyl/N-ethyl adjacent to an activating group) is 1. The van der Waals surface area contributed by atoms with Crippen LogP contribution in [0, 0.1) is 17.3 Å². The monoisotopic (exact) mass is 438 g/mol. The van der Waals surface area contributed by atoms with Gasteiger partial charge in [0.05, 0.1) is 6.04 Å². The maximum atomic E-state index is 13.7. The fourth-order valence-corrected chi connectivity index (χ4v) is 7.39. The van der Waals surface area contributed by atoms with E-state index in [1.54, 1.807) is 0 Å². The van der Waals surface area contributed by atoms with Crippen LogP contribution in [0.4, 0.5) is 0 Å². The van der Waals surface area contributed by atoms with Gasteiger partial charge in [-0.1, -0.05) is 50.1 Å². The second-order valence-corrected chi connectivity index (χ2v) is 10.5. The largest absolute Gasteiger partial charge is 0.343 e. The summed E-state index contributed by atoms with van der Waals surface area (Å²) in [6, 6.07) is 10.4. The highest BCUT2D eigenvalue weighted by Gasteiger charge is 2.66. The molecule has 174 valence electrons. The maximum absolute atomic E-state index is 13.7. The van der Waals surface area contributed by atoms with Crippen LogP contribution in [-0.2, 0) is 16.0 Å². The van der Waals surface area contributed by atoms with Gasteiger partial charge in [-0.3, -0.25) is 9.59 Å². The molecule has 6 nitrogen and oxygen atoms in total. The van der Waals surface area contributed by atoms with Crippen molar-refractivity contribution in [2.75, 3.05) is 33.2 Å². The Labute approximate surface area is 192 Å². The Kier molecular flexibility index (Phi) is 6.01. The lowest BCUT2D eigenvalue weighted by atomic mass is 9.57. The number of likely N-dealkylation sites (tertiary alicyclic amines) is 1. The first-order chi connectivity index (χ1) is 15.6. The van der Waals surface area contributed by atoms with E-state index < -0.39 is 0 Å². The highest BCUT2D eigenvalue weighted by molar-refractivity contribution is 5.91. The van der Waals surface area contributed by atoms with Gasteiger partial charge in [0.25, 0.3) is 0 Å². The van der Waals surface area contributed by atoms with Crippen LogP contribution < -0.4 is 10.6 Å². The van der Waals surface area contributed by atoms with Crippen LogP contribution in [0.3, 0.4) is 0 Å². The van der Waals surface area contributed by atoms with Gasteiger partial charge in [0.15, 0.2) is 0 Å². The molecule has 3 aliphatic heterocycles. The topological polar surface area (TPSA) is 64.7 Å². The standard InChI is InChI=1S/C26H38N4O2/c1-3-21(27-2)24(31)28-23-19-11-7-8-13-26(19)17-30(25(23)32)22-16-29(15-20(22)26)14-12-18-9-5-4-6-10-18/h4-6,9-10,19-23,27H,3,7-8,11-17H2,1-2H3,(H,28,31)/t19?,20-,21+,22+,23+,26?/m1/s1. The molecule has 1 aromatic carbocycles. The number of hydrogen-bond acceptors (Lipinski definition) is 4. The average molecular weight is 439 g/mol. The third-order valence-electron chi connectivity index (χ3n) is 9.00. The smallest absolute Gasteiger partial charge is 0.245 e. The van der Waals surface area contributed by atoms with E-state index in [0.717, 1.165) is 45.4 Å². The summed E-state index contributed by atoms with van der Waals surface area (Å²) in [7, 11) is 1.82. The SMILES string of the molecule is CC[C@H](NC)C(=O)N[C@@H]1C(=O)N2CC3(CCCCC13)[C@@H]1CN(CCc3ccccc3)C[C@@H]12. The van der Waals surface area contributed by atoms with E-state index in [4.69, 9.17) is 0 Å². The molecule has 0 radical (unpaired) electrons. The third-order valence-corrected chi connectivity index (χ3v) is 9.00. The van der Waals surface area contributed by atoms with Gasteiger partial charge in [0.2, 0.25) is 11.8 Å². The Balaban J connectivity index is 1.34. The Morgan fingerprint density at radius 1 is 1.19 bits per heavy atom. The van der Waals surface area contributed by atoms with Crippen LogP contribution in [0.15, 0.2) is 30.3 Å². The van der Waals surface area contributed by atoms with Crippen LogP contribution in [0.25, 0.3) is 0 Å². The summed E-state index contributed by atoms with van der Waals surface area (Å²) in [5, 5.41) is 6.30. The Hall–Kier alpha value is -1.92. The van der Waals surface area contributed by atoms with Gasteiger partial charge < -0.3 is 20.4 Å². The van der Waals surface area contributed by atoms with Crippen LogP contribution in [0.1, 0.15) is 44.6 Å². The van der Waals surface area contributed by atoms with E-state index in [1.807, 2.05) is 14.0 Å².